The van der Waals surface area contributed by atoms with E-state index in [1.807, 2.05) is 0 Å². The first-order valence-corrected chi connectivity index (χ1v) is 6.80. The third kappa shape index (κ3) is 3.23. The van der Waals surface area contributed by atoms with Crippen molar-refractivity contribution in [3.63, 3.8) is 0 Å². The van der Waals surface area contributed by atoms with Crippen LogP contribution in [-0.2, 0) is 22.2 Å². The molecule has 1 N–H and O–H groups in total. The van der Waals surface area contributed by atoms with Crippen LogP contribution in [-0.4, -0.2) is 35.0 Å². The molecule has 1 heterocycles. The second-order valence-corrected chi connectivity index (χ2v) is 5.76. The lowest BCUT2D eigenvalue weighted by atomic mass is 9.90. The molecule has 1 aromatic rings. The van der Waals surface area contributed by atoms with Crippen LogP contribution in [0.15, 0.2) is 24.3 Å². The molecule has 0 saturated carbocycles. The maximum Gasteiger partial charge on any atom is 0.416 e. The van der Waals surface area contributed by atoms with Crippen molar-refractivity contribution in [2.75, 3.05) is 13.1 Å². The van der Waals surface area contributed by atoms with Gasteiger partial charge in [0.05, 0.1) is 17.4 Å². The second kappa shape index (κ2) is 5.62. The number of halogens is 3. The van der Waals surface area contributed by atoms with Crippen molar-refractivity contribution < 1.29 is 27.9 Å². The predicted molar refractivity (Wildman–Crippen MR) is 72.1 cm³/mol. The molecule has 0 bridgehead atoms. The number of hydrogen-bond donors (Lipinski definition) is 1. The Morgan fingerprint density at radius 2 is 1.95 bits per heavy atom. The van der Waals surface area contributed by atoms with Gasteiger partial charge in [0.15, 0.2) is 0 Å². The predicted octanol–water partition coefficient (Wildman–Crippen LogP) is 2.57. The highest BCUT2D eigenvalue weighted by molar-refractivity contribution is 5.82. The minimum Gasteiger partial charge on any atom is -0.481 e. The average Bonchev–Trinajstić information content (AvgIpc) is 2.82. The van der Waals surface area contributed by atoms with E-state index in [1.165, 1.54) is 30.0 Å². The lowest BCUT2D eigenvalue weighted by Gasteiger charge is -2.21. The summed E-state index contributed by atoms with van der Waals surface area (Å²) in [6, 6.07) is 4.93. The van der Waals surface area contributed by atoms with E-state index in [1.54, 1.807) is 0 Å². The molecule has 1 atom stereocenters. The number of carbonyl (C=O) groups is 2. The number of carbonyl (C=O) groups excluding carboxylic acids is 1. The molecule has 1 aliphatic heterocycles. The number of alkyl halides is 3. The lowest BCUT2D eigenvalue weighted by molar-refractivity contribution is -0.147. The highest BCUT2D eigenvalue weighted by Crippen LogP contribution is 2.33. The van der Waals surface area contributed by atoms with Gasteiger partial charge in [-0.2, -0.15) is 13.2 Å². The van der Waals surface area contributed by atoms with Gasteiger partial charge in [-0.15, -0.1) is 0 Å². The number of amides is 1. The standard InChI is InChI=1S/C15H16F3NO3/c1-14(13(21)22)6-7-19(9-14)12(20)8-10-4-2-3-5-11(10)15(16,17)18/h2-5H,6-9H2,1H3,(H,21,22)/t14-/m1/s1. The summed E-state index contributed by atoms with van der Waals surface area (Å²) in [5, 5.41) is 9.13. The van der Waals surface area contributed by atoms with Gasteiger partial charge >= 0.3 is 12.1 Å². The Morgan fingerprint density at radius 1 is 1.32 bits per heavy atom. The molecule has 0 radical (unpaired) electrons. The third-order valence-corrected chi connectivity index (χ3v) is 4.01. The van der Waals surface area contributed by atoms with Crippen molar-refractivity contribution in [1.29, 1.82) is 0 Å². The molecule has 22 heavy (non-hydrogen) atoms. The Kier molecular flexibility index (Phi) is 4.17. The molecule has 0 aromatic heterocycles. The van der Waals surface area contributed by atoms with E-state index in [-0.39, 0.29) is 25.1 Å². The number of rotatable bonds is 3. The minimum atomic E-state index is -4.52. The van der Waals surface area contributed by atoms with E-state index >= 15 is 0 Å². The Balaban J connectivity index is 2.13. The van der Waals surface area contributed by atoms with Crippen LogP contribution in [0.25, 0.3) is 0 Å². The first kappa shape index (κ1) is 16.3. The van der Waals surface area contributed by atoms with Crippen molar-refractivity contribution >= 4 is 11.9 Å². The molecular formula is C15H16F3NO3. The topological polar surface area (TPSA) is 57.6 Å². The van der Waals surface area contributed by atoms with E-state index in [9.17, 15) is 22.8 Å². The van der Waals surface area contributed by atoms with Crippen LogP contribution >= 0.6 is 0 Å². The van der Waals surface area contributed by atoms with Crippen LogP contribution in [0.1, 0.15) is 24.5 Å². The number of carboxylic acids is 1. The van der Waals surface area contributed by atoms with Gasteiger partial charge in [-0.3, -0.25) is 9.59 Å². The Hall–Kier alpha value is -2.05. The summed E-state index contributed by atoms with van der Waals surface area (Å²) < 4.78 is 38.7. The molecule has 1 fully saturated rings. The van der Waals surface area contributed by atoms with E-state index < -0.39 is 29.0 Å². The lowest BCUT2D eigenvalue weighted by Crippen LogP contribution is -2.35. The molecular weight excluding hydrogens is 299 g/mol. The zero-order chi connectivity index (χ0) is 16.5. The van der Waals surface area contributed by atoms with Crippen LogP contribution in [0, 0.1) is 5.41 Å². The highest BCUT2D eigenvalue weighted by atomic mass is 19.4. The fraction of sp³-hybridized carbons (Fsp3) is 0.467. The summed E-state index contributed by atoms with van der Waals surface area (Å²) in [4.78, 5) is 24.6. The van der Waals surface area contributed by atoms with Crippen molar-refractivity contribution in [3.05, 3.63) is 35.4 Å². The van der Waals surface area contributed by atoms with Crippen LogP contribution in [0.5, 0.6) is 0 Å². The zero-order valence-corrected chi connectivity index (χ0v) is 12.0. The first-order chi connectivity index (χ1) is 10.1. The number of carboxylic acid groups (broad SMARTS) is 1. The minimum absolute atomic E-state index is 0.0232. The fourth-order valence-corrected chi connectivity index (χ4v) is 2.57. The van der Waals surface area contributed by atoms with Crippen LogP contribution < -0.4 is 0 Å². The summed E-state index contributed by atoms with van der Waals surface area (Å²) >= 11 is 0. The molecule has 7 heteroatoms. The summed E-state index contributed by atoms with van der Waals surface area (Å²) in [6.45, 7) is 1.80. The van der Waals surface area contributed by atoms with Gasteiger partial charge in [-0.1, -0.05) is 18.2 Å². The van der Waals surface area contributed by atoms with E-state index in [2.05, 4.69) is 0 Å². The molecule has 120 valence electrons. The van der Waals surface area contributed by atoms with Gasteiger partial charge in [0.25, 0.3) is 0 Å². The van der Waals surface area contributed by atoms with Crippen molar-refractivity contribution in [3.8, 4) is 0 Å². The molecule has 0 aliphatic carbocycles. The number of aliphatic carboxylic acids is 1. The molecule has 1 aromatic carbocycles. The quantitative estimate of drug-likeness (QED) is 0.932. The molecule has 0 spiro atoms. The summed E-state index contributed by atoms with van der Waals surface area (Å²) in [6.07, 6.45) is -4.60. The monoisotopic (exact) mass is 315 g/mol. The summed E-state index contributed by atoms with van der Waals surface area (Å²) in [5.41, 5.74) is -1.95. The SMILES string of the molecule is C[C@@]1(C(=O)O)CCN(C(=O)Cc2ccccc2C(F)(F)F)C1. The number of nitrogens with zero attached hydrogens (tertiary/aromatic N) is 1. The summed E-state index contributed by atoms with van der Waals surface area (Å²) in [5.74, 6) is -1.49. The Bertz CT molecular complexity index is 600. The second-order valence-electron chi connectivity index (χ2n) is 5.76. The number of benzene rings is 1. The van der Waals surface area contributed by atoms with Crippen LogP contribution in [0.2, 0.25) is 0 Å². The van der Waals surface area contributed by atoms with Gasteiger partial charge in [0.1, 0.15) is 0 Å². The highest BCUT2D eigenvalue weighted by Gasteiger charge is 2.42. The van der Waals surface area contributed by atoms with Gasteiger partial charge in [0, 0.05) is 13.1 Å². The van der Waals surface area contributed by atoms with E-state index in [4.69, 9.17) is 5.11 Å². The average molecular weight is 315 g/mol. The maximum absolute atomic E-state index is 12.9. The third-order valence-electron chi connectivity index (χ3n) is 4.01. The molecule has 2 rings (SSSR count). The van der Waals surface area contributed by atoms with Gasteiger partial charge in [0.2, 0.25) is 5.91 Å². The van der Waals surface area contributed by atoms with E-state index in [0.717, 1.165) is 6.07 Å². The van der Waals surface area contributed by atoms with E-state index in [0.29, 0.717) is 6.42 Å². The molecule has 1 aliphatic rings. The van der Waals surface area contributed by atoms with Crippen LogP contribution in [0.3, 0.4) is 0 Å². The van der Waals surface area contributed by atoms with Gasteiger partial charge < -0.3 is 10.0 Å². The fourth-order valence-electron chi connectivity index (χ4n) is 2.57. The largest absolute Gasteiger partial charge is 0.481 e. The summed E-state index contributed by atoms with van der Waals surface area (Å²) in [7, 11) is 0. The van der Waals surface area contributed by atoms with Crippen molar-refractivity contribution in [1.82, 2.24) is 4.90 Å². The first-order valence-electron chi connectivity index (χ1n) is 6.80. The zero-order valence-electron chi connectivity index (χ0n) is 12.0. The van der Waals surface area contributed by atoms with Crippen molar-refractivity contribution in [2.45, 2.75) is 25.9 Å². The van der Waals surface area contributed by atoms with Crippen molar-refractivity contribution in [2.24, 2.45) is 5.41 Å². The Morgan fingerprint density at radius 3 is 2.50 bits per heavy atom. The van der Waals surface area contributed by atoms with Crippen LogP contribution in [0.4, 0.5) is 13.2 Å². The van der Waals surface area contributed by atoms with Gasteiger partial charge in [-0.05, 0) is 25.0 Å². The molecule has 1 saturated heterocycles. The number of likely N-dealkylation sites (tertiary alicyclic amines) is 1. The molecule has 1 amide bonds. The Labute approximate surface area is 125 Å². The molecule has 4 nitrogen and oxygen atoms in total. The van der Waals surface area contributed by atoms with Gasteiger partial charge in [-0.25, -0.2) is 0 Å². The maximum atomic E-state index is 12.9. The normalized spacial score (nSPS) is 21.9. The molecule has 0 unspecified atom stereocenters. The smallest absolute Gasteiger partial charge is 0.416 e. The number of hydrogen-bond acceptors (Lipinski definition) is 2.